The Balaban J connectivity index is 2.54. The highest BCUT2D eigenvalue weighted by Crippen LogP contribution is 2.29. The summed E-state index contributed by atoms with van der Waals surface area (Å²) in [6.45, 7) is 6.15. The lowest BCUT2D eigenvalue weighted by molar-refractivity contribution is -0.143. The first-order valence-electron chi connectivity index (χ1n) is 4.69. The zero-order chi connectivity index (χ0) is 9.19. The SMILES string of the molecule is CC(=O)OC1CCCC[Si]1(C)C. The minimum Gasteiger partial charge on any atom is -0.466 e. The molecule has 70 valence electrons. The average Bonchev–Trinajstić information content (AvgIpc) is 1.92. The van der Waals surface area contributed by atoms with E-state index in [-0.39, 0.29) is 11.7 Å². The van der Waals surface area contributed by atoms with Crippen LogP contribution in [0.5, 0.6) is 0 Å². The molecule has 0 saturated carbocycles. The minimum absolute atomic E-state index is 0.109. The molecule has 0 aliphatic carbocycles. The van der Waals surface area contributed by atoms with E-state index in [1.807, 2.05) is 0 Å². The maximum absolute atomic E-state index is 10.8. The van der Waals surface area contributed by atoms with E-state index in [0.717, 1.165) is 6.42 Å². The zero-order valence-corrected chi connectivity index (χ0v) is 9.22. The van der Waals surface area contributed by atoms with Crippen molar-refractivity contribution in [2.45, 2.75) is 51.1 Å². The van der Waals surface area contributed by atoms with Crippen LogP contribution in [-0.2, 0) is 9.53 Å². The van der Waals surface area contributed by atoms with E-state index in [4.69, 9.17) is 4.74 Å². The lowest BCUT2D eigenvalue weighted by Crippen LogP contribution is -2.46. The van der Waals surface area contributed by atoms with E-state index in [1.54, 1.807) is 0 Å². The van der Waals surface area contributed by atoms with Crippen molar-refractivity contribution in [1.82, 2.24) is 0 Å². The molecule has 3 heteroatoms. The molecule has 1 saturated heterocycles. The van der Waals surface area contributed by atoms with Crippen LogP contribution >= 0.6 is 0 Å². The molecule has 1 unspecified atom stereocenters. The van der Waals surface area contributed by atoms with Crippen molar-refractivity contribution < 1.29 is 9.53 Å². The van der Waals surface area contributed by atoms with Crippen LogP contribution in [-0.4, -0.2) is 19.8 Å². The number of ether oxygens (including phenoxy) is 1. The Morgan fingerprint density at radius 1 is 1.42 bits per heavy atom. The van der Waals surface area contributed by atoms with Gasteiger partial charge >= 0.3 is 5.97 Å². The second kappa shape index (κ2) is 3.60. The second-order valence-corrected chi connectivity index (χ2v) is 9.45. The smallest absolute Gasteiger partial charge is 0.302 e. The maximum Gasteiger partial charge on any atom is 0.302 e. The predicted octanol–water partition coefficient (Wildman–Crippen LogP) is 2.35. The molecule has 1 aliphatic heterocycles. The van der Waals surface area contributed by atoms with Crippen molar-refractivity contribution >= 4 is 14.0 Å². The van der Waals surface area contributed by atoms with Gasteiger partial charge in [0.15, 0.2) is 0 Å². The van der Waals surface area contributed by atoms with Gasteiger partial charge in [0.05, 0.1) is 13.8 Å². The van der Waals surface area contributed by atoms with Crippen molar-refractivity contribution in [3.05, 3.63) is 0 Å². The lowest BCUT2D eigenvalue weighted by Gasteiger charge is -2.35. The largest absolute Gasteiger partial charge is 0.466 e. The van der Waals surface area contributed by atoms with E-state index in [2.05, 4.69) is 13.1 Å². The molecule has 1 heterocycles. The Morgan fingerprint density at radius 2 is 2.08 bits per heavy atom. The summed E-state index contributed by atoms with van der Waals surface area (Å²) in [7, 11) is -1.23. The molecular weight excluding hydrogens is 168 g/mol. The van der Waals surface area contributed by atoms with Crippen molar-refractivity contribution in [2.75, 3.05) is 0 Å². The molecule has 0 spiro atoms. The van der Waals surface area contributed by atoms with Gasteiger partial charge in [0.2, 0.25) is 0 Å². The first-order chi connectivity index (χ1) is 5.52. The van der Waals surface area contributed by atoms with Crippen LogP contribution in [0, 0.1) is 0 Å². The monoisotopic (exact) mass is 186 g/mol. The molecule has 0 N–H and O–H groups in total. The molecule has 2 nitrogen and oxygen atoms in total. The van der Waals surface area contributed by atoms with Crippen LogP contribution in [0.4, 0.5) is 0 Å². The van der Waals surface area contributed by atoms with Gasteiger partial charge in [-0.05, 0) is 6.42 Å². The summed E-state index contributed by atoms with van der Waals surface area (Å²) in [5.41, 5.74) is 0.281. The van der Waals surface area contributed by atoms with E-state index in [9.17, 15) is 4.79 Å². The fourth-order valence-electron chi connectivity index (χ4n) is 1.88. The van der Waals surface area contributed by atoms with E-state index in [1.165, 1.54) is 25.8 Å². The summed E-state index contributed by atoms with van der Waals surface area (Å²) in [6, 6.07) is 1.31. The Kier molecular flexibility index (Phi) is 2.93. The van der Waals surface area contributed by atoms with Crippen molar-refractivity contribution in [2.24, 2.45) is 0 Å². The first-order valence-corrected chi connectivity index (χ1v) is 7.98. The van der Waals surface area contributed by atoms with Gasteiger partial charge in [0, 0.05) is 6.92 Å². The first kappa shape index (κ1) is 9.77. The highest BCUT2D eigenvalue weighted by Gasteiger charge is 2.36. The normalized spacial score (nSPS) is 28.1. The molecule has 1 atom stereocenters. The third kappa shape index (κ3) is 2.34. The molecule has 0 amide bonds. The number of hydrogen-bond donors (Lipinski definition) is 0. The van der Waals surface area contributed by atoms with Gasteiger partial charge in [-0.3, -0.25) is 4.79 Å². The summed E-state index contributed by atoms with van der Waals surface area (Å²) < 4.78 is 5.33. The molecule has 0 aromatic rings. The number of carbonyl (C=O) groups is 1. The Morgan fingerprint density at radius 3 is 2.58 bits per heavy atom. The Bertz CT molecular complexity index is 177. The average molecular weight is 186 g/mol. The van der Waals surface area contributed by atoms with Crippen LogP contribution in [0.2, 0.25) is 19.1 Å². The quantitative estimate of drug-likeness (QED) is 0.464. The third-order valence-corrected chi connectivity index (χ3v) is 6.51. The van der Waals surface area contributed by atoms with E-state index < -0.39 is 8.07 Å². The predicted molar refractivity (Wildman–Crippen MR) is 51.7 cm³/mol. The number of hydrogen-bond acceptors (Lipinski definition) is 2. The van der Waals surface area contributed by atoms with Crippen molar-refractivity contribution in [1.29, 1.82) is 0 Å². The summed E-state index contributed by atoms with van der Waals surface area (Å²) in [4.78, 5) is 10.8. The molecule has 1 fully saturated rings. The van der Waals surface area contributed by atoms with Gasteiger partial charge in [-0.25, -0.2) is 0 Å². The zero-order valence-electron chi connectivity index (χ0n) is 8.22. The summed E-state index contributed by atoms with van der Waals surface area (Å²) in [6.07, 6.45) is 3.66. The van der Waals surface area contributed by atoms with Crippen LogP contribution < -0.4 is 0 Å². The topological polar surface area (TPSA) is 26.3 Å². The Labute approximate surface area is 75.3 Å². The van der Waals surface area contributed by atoms with Crippen LogP contribution in [0.3, 0.4) is 0 Å². The Hall–Kier alpha value is -0.313. The fourth-order valence-corrected chi connectivity index (χ4v) is 4.83. The second-order valence-electron chi connectivity index (χ2n) is 4.33. The molecule has 0 aromatic carbocycles. The van der Waals surface area contributed by atoms with Gasteiger partial charge in [-0.1, -0.05) is 32.0 Å². The molecule has 1 rings (SSSR count). The molecule has 0 radical (unpaired) electrons. The number of rotatable bonds is 1. The van der Waals surface area contributed by atoms with Crippen molar-refractivity contribution in [3.8, 4) is 0 Å². The van der Waals surface area contributed by atoms with Gasteiger partial charge in [0.25, 0.3) is 0 Å². The van der Waals surface area contributed by atoms with Crippen LogP contribution in [0.1, 0.15) is 26.2 Å². The number of carbonyl (C=O) groups excluding carboxylic acids is 1. The van der Waals surface area contributed by atoms with Crippen molar-refractivity contribution in [3.63, 3.8) is 0 Å². The molecular formula is C9H18O2Si. The molecule has 1 aliphatic rings. The summed E-state index contributed by atoms with van der Waals surface area (Å²) in [5.74, 6) is -0.109. The van der Waals surface area contributed by atoms with Gasteiger partial charge in [-0.2, -0.15) is 0 Å². The fraction of sp³-hybridized carbons (Fsp3) is 0.889. The van der Waals surface area contributed by atoms with Crippen LogP contribution in [0.15, 0.2) is 0 Å². The van der Waals surface area contributed by atoms with E-state index >= 15 is 0 Å². The lowest BCUT2D eigenvalue weighted by atomic mass is 10.2. The molecule has 0 bridgehead atoms. The highest BCUT2D eigenvalue weighted by atomic mass is 28.3. The summed E-state index contributed by atoms with van der Waals surface area (Å²) >= 11 is 0. The van der Waals surface area contributed by atoms with Gasteiger partial charge in [-0.15, -0.1) is 0 Å². The minimum atomic E-state index is -1.23. The van der Waals surface area contributed by atoms with Gasteiger partial charge in [0.1, 0.15) is 0 Å². The van der Waals surface area contributed by atoms with Crippen LogP contribution in [0.25, 0.3) is 0 Å². The number of esters is 1. The van der Waals surface area contributed by atoms with E-state index in [0.29, 0.717) is 0 Å². The third-order valence-electron chi connectivity index (χ3n) is 2.72. The standard InChI is InChI=1S/C9H18O2Si/c1-8(10)11-9-6-4-5-7-12(9,2)3/h9H,4-7H2,1-3H3. The highest BCUT2D eigenvalue weighted by molar-refractivity contribution is 6.78. The molecule has 12 heavy (non-hydrogen) atoms. The maximum atomic E-state index is 10.8. The summed E-state index contributed by atoms with van der Waals surface area (Å²) in [5, 5.41) is 0. The van der Waals surface area contributed by atoms with Gasteiger partial charge < -0.3 is 4.74 Å². The molecule has 0 aromatic heterocycles.